The van der Waals surface area contributed by atoms with Crippen molar-refractivity contribution in [2.75, 3.05) is 42.9 Å². The topological polar surface area (TPSA) is 44.3 Å². The number of aryl methyl sites for hydroxylation is 1. The Morgan fingerprint density at radius 3 is 2.57 bits per heavy atom. The molecule has 1 N–H and O–H groups in total. The Kier molecular flexibility index (Phi) is 4.71. The number of para-hydroxylation sites is 1. The van der Waals surface area contributed by atoms with Gasteiger partial charge in [0.05, 0.1) is 5.69 Å². The molecule has 1 saturated heterocycles. The number of halogens is 1. The molecule has 3 rings (SSSR count). The maximum atomic E-state index is 13.8. The van der Waals surface area contributed by atoms with Crippen LogP contribution in [0.25, 0.3) is 0 Å². The quantitative estimate of drug-likeness (QED) is 0.940. The highest BCUT2D eigenvalue weighted by molar-refractivity contribution is 5.56. The first kappa shape index (κ1) is 15.7. The van der Waals surface area contributed by atoms with Gasteiger partial charge in [0.1, 0.15) is 11.6 Å². The molecule has 122 valence electrons. The molecule has 5 nitrogen and oxygen atoms in total. The fourth-order valence-electron chi connectivity index (χ4n) is 2.75. The van der Waals surface area contributed by atoms with Gasteiger partial charge in [-0.2, -0.15) is 4.98 Å². The van der Waals surface area contributed by atoms with E-state index in [4.69, 9.17) is 0 Å². The minimum atomic E-state index is -0.310. The van der Waals surface area contributed by atoms with Crippen molar-refractivity contribution in [3.8, 4) is 0 Å². The number of likely N-dealkylation sites (N-methyl/N-ethyl adjacent to an activating group) is 1. The van der Waals surface area contributed by atoms with Crippen LogP contribution in [0.3, 0.4) is 0 Å². The number of aromatic nitrogens is 2. The number of rotatable bonds is 4. The number of benzene rings is 1. The Balaban J connectivity index is 1.78. The molecule has 0 unspecified atom stereocenters. The molecule has 0 saturated carbocycles. The van der Waals surface area contributed by atoms with Gasteiger partial charge in [-0.25, -0.2) is 9.37 Å². The first-order valence-electron chi connectivity index (χ1n) is 8.00. The third kappa shape index (κ3) is 3.76. The molecule has 0 spiro atoms. The van der Waals surface area contributed by atoms with Crippen LogP contribution in [0, 0.1) is 12.7 Å². The van der Waals surface area contributed by atoms with Crippen LogP contribution in [0.15, 0.2) is 30.3 Å². The van der Waals surface area contributed by atoms with E-state index < -0.39 is 0 Å². The minimum absolute atomic E-state index is 0.310. The lowest BCUT2D eigenvalue weighted by atomic mass is 10.3. The summed E-state index contributed by atoms with van der Waals surface area (Å²) in [5.74, 6) is 1.02. The van der Waals surface area contributed by atoms with E-state index in [1.807, 2.05) is 13.0 Å². The zero-order valence-electron chi connectivity index (χ0n) is 13.6. The highest BCUT2D eigenvalue weighted by Gasteiger charge is 2.18. The molecule has 0 aliphatic carbocycles. The summed E-state index contributed by atoms with van der Waals surface area (Å²) in [5.41, 5.74) is 1.26. The van der Waals surface area contributed by atoms with Gasteiger partial charge in [0.25, 0.3) is 0 Å². The summed E-state index contributed by atoms with van der Waals surface area (Å²) in [4.78, 5) is 13.6. The molecule has 0 atom stereocenters. The Morgan fingerprint density at radius 1 is 1.13 bits per heavy atom. The standard InChI is InChI=1S/C17H22FN5/c1-3-22-8-10-23(11-9-22)16-12-13(2)19-17(21-16)20-15-7-5-4-6-14(15)18/h4-7,12H,3,8-11H2,1-2H3,(H,19,20,21). The van der Waals surface area contributed by atoms with Gasteiger partial charge < -0.3 is 15.1 Å². The van der Waals surface area contributed by atoms with Crippen LogP contribution in [0.5, 0.6) is 0 Å². The summed E-state index contributed by atoms with van der Waals surface area (Å²) >= 11 is 0. The fourth-order valence-corrected chi connectivity index (χ4v) is 2.75. The monoisotopic (exact) mass is 315 g/mol. The Hall–Kier alpha value is -2.21. The number of piperazine rings is 1. The van der Waals surface area contributed by atoms with Crippen LogP contribution < -0.4 is 10.2 Å². The van der Waals surface area contributed by atoms with Gasteiger partial charge in [-0.15, -0.1) is 0 Å². The molecular formula is C17H22FN5. The predicted octanol–water partition coefficient (Wildman–Crippen LogP) is 2.81. The molecule has 23 heavy (non-hydrogen) atoms. The molecular weight excluding hydrogens is 293 g/mol. The zero-order valence-corrected chi connectivity index (χ0v) is 13.6. The second-order valence-corrected chi connectivity index (χ2v) is 5.72. The van der Waals surface area contributed by atoms with Crippen molar-refractivity contribution in [2.45, 2.75) is 13.8 Å². The van der Waals surface area contributed by atoms with E-state index >= 15 is 0 Å². The maximum Gasteiger partial charge on any atom is 0.229 e. The Bertz CT molecular complexity index is 668. The summed E-state index contributed by atoms with van der Waals surface area (Å²) < 4.78 is 13.8. The Morgan fingerprint density at radius 2 is 1.87 bits per heavy atom. The normalized spacial score (nSPS) is 15.7. The van der Waals surface area contributed by atoms with Crippen LogP contribution in [-0.2, 0) is 0 Å². The molecule has 1 aliphatic rings. The molecule has 2 heterocycles. The van der Waals surface area contributed by atoms with E-state index in [-0.39, 0.29) is 5.82 Å². The number of nitrogens with one attached hydrogen (secondary N) is 1. The van der Waals surface area contributed by atoms with Crippen LogP contribution in [0.4, 0.5) is 21.8 Å². The van der Waals surface area contributed by atoms with Crippen molar-refractivity contribution in [3.05, 3.63) is 41.8 Å². The predicted molar refractivity (Wildman–Crippen MR) is 90.8 cm³/mol. The minimum Gasteiger partial charge on any atom is -0.354 e. The number of anilines is 3. The van der Waals surface area contributed by atoms with Gasteiger partial charge in [0, 0.05) is 37.9 Å². The molecule has 0 bridgehead atoms. The van der Waals surface area contributed by atoms with Crippen LogP contribution in [0.2, 0.25) is 0 Å². The van der Waals surface area contributed by atoms with Gasteiger partial charge in [-0.1, -0.05) is 19.1 Å². The summed E-state index contributed by atoms with van der Waals surface area (Å²) in [5, 5.41) is 2.98. The summed E-state index contributed by atoms with van der Waals surface area (Å²) in [7, 11) is 0. The van der Waals surface area contributed by atoms with Crippen LogP contribution in [0.1, 0.15) is 12.6 Å². The van der Waals surface area contributed by atoms with Crippen LogP contribution >= 0.6 is 0 Å². The van der Waals surface area contributed by atoms with Gasteiger partial charge >= 0.3 is 0 Å². The van der Waals surface area contributed by atoms with Gasteiger partial charge in [0.15, 0.2) is 0 Å². The van der Waals surface area contributed by atoms with E-state index in [0.717, 1.165) is 44.2 Å². The van der Waals surface area contributed by atoms with E-state index in [1.165, 1.54) is 6.07 Å². The molecule has 1 aromatic carbocycles. The summed E-state index contributed by atoms with van der Waals surface area (Å²) in [6.07, 6.45) is 0. The lowest BCUT2D eigenvalue weighted by Crippen LogP contribution is -2.46. The first-order chi connectivity index (χ1) is 11.2. The van der Waals surface area contributed by atoms with Gasteiger partial charge in [0.2, 0.25) is 5.95 Å². The second-order valence-electron chi connectivity index (χ2n) is 5.72. The largest absolute Gasteiger partial charge is 0.354 e. The number of hydrogen-bond acceptors (Lipinski definition) is 5. The average Bonchev–Trinajstić information content (AvgIpc) is 2.56. The van der Waals surface area contributed by atoms with E-state index in [1.54, 1.807) is 18.2 Å². The van der Waals surface area contributed by atoms with E-state index in [9.17, 15) is 4.39 Å². The molecule has 1 aliphatic heterocycles. The van der Waals surface area contributed by atoms with E-state index in [0.29, 0.717) is 11.6 Å². The highest BCUT2D eigenvalue weighted by Crippen LogP contribution is 2.21. The van der Waals surface area contributed by atoms with Crippen molar-refractivity contribution in [1.29, 1.82) is 0 Å². The van der Waals surface area contributed by atoms with Gasteiger partial charge in [-0.3, -0.25) is 0 Å². The van der Waals surface area contributed by atoms with E-state index in [2.05, 4.69) is 32.0 Å². The molecule has 1 fully saturated rings. The molecule has 2 aromatic rings. The van der Waals surface area contributed by atoms with Gasteiger partial charge in [-0.05, 0) is 25.6 Å². The summed E-state index contributed by atoms with van der Waals surface area (Å²) in [6.45, 7) is 9.16. The van der Waals surface area contributed by atoms with Crippen molar-refractivity contribution < 1.29 is 4.39 Å². The van der Waals surface area contributed by atoms with Crippen molar-refractivity contribution >= 4 is 17.5 Å². The lowest BCUT2D eigenvalue weighted by molar-refractivity contribution is 0.270. The third-order valence-electron chi connectivity index (χ3n) is 4.10. The zero-order chi connectivity index (χ0) is 16.2. The van der Waals surface area contributed by atoms with Crippen molar-refractivity contribution in [2.24, 2.45) is 0 Å². The molecule has 0 radical (unpaired) electrons. The lowest BCUT2D eigenvalue weighted by Gasteiger charge is -2.34. The highest BCUT2D eigenvalue weighted by atomic mass is 19.1. The Labute approximate surface area is 136 Å². The molecule has 1 aromatic heterocycles. The summed E-state index contributed by atoms with van der Waals surface area (Å²) in [6, 6.07) is 8.53. The van der Waals surface area contributed by atoms with Crippen molar-refractivity contribution in [1.82, 2.24) is 14.9 Å². The van der Waals surface area contributed by atoms with Crippen molar-refractivity contribution in [3.63, 3.8) is 0 Å². The second kappa shape index (κ2) is 6.91. The first-order valence-corrected chi connectivity index (χ1v) is 8.00. The number of hydrogen-bond donors (Lipinski definition) is 1. The SMILES string of the molecule is CCN1CCN(c2cc(C)nc(Nc3ccccc3F)n2)CC1. The maximum absolute atomic E-state index is 13.8. The number of nitrogens with zero attached hydrogens (tertiary/aromatic N) is 4. The fraction of sp³-hybridized carbons (Fsp3) is 0.412. The third-order valence-corrected chi connectivity index (χ3v) is 4.10. The molecule has 0 amide bonds. The smallest absolute Gasteiger partial charge is 0.229 e. The van der Waals surface area contributed by atoms with Crippen LogP contribution in [-0.4, -0.2) is 47.6 Å². The average molecular weight is 315 g/mol. The molecule has 6 heteroatoms.